The molecule has 24 heavy (non-hydrogen) atoms. The van der Waals surface area contributed by atoms with E-state index in [4.69, 9.17) is 10.5 Å². The fourth-order valence-corrected chi connectivity index (χ4v) is 3.49. The van der Waals surface area contributed by atoms with E-state index in [2.05, 4.69) is 20.3 Å². The van der Waals surface area contributed by atoms with Gasteiger partial charge in [-0.15, -0.1) is 0 Å². The van der Waals surface area contributed by atoms with Crippen molar-refractivity contribution in [3.63, 3.8) is 0 Å². The first-order chi connectivity index (χ1) is 11.6. The summed E-state index contributed by atoms with van der Waals surface area (Å²) in [6.07, 6.45) is 4.02. The lowest BCUT2D eigenvalue weighted by molar-refractivity contribution is 0.122. The topological polar surface area (TPSA) is 109 Å². The average Bonchev–Trinajstić information content (AvgIpc) is 2.97. The van der Waals surface area contributed by atoms with E-state index in [-0.39, 0.29) is 12.0 Å². The molecule has 0 spiro atoms. The molecule has 0 aliphatic rings. The van der Waals surface area contributed by atoms with Gasteiger partial charge >= 0.3 is 0 Å². The second kappa shape index (κ2) is 9.83. The summed E-state index contributed by atoms with van der Waals surface area (Å²) >= 11 is 1.86. The second-order valence-electron chi connectivity index (χ2n) is 5.82. The highest BCUT2D eigenvalue weighted by Gasteiger charge is 2.15. The van der Waals surface area contributed by atoms with Gasteiger partial charge in [0.05, 0.1) is 18.2 Å². The number of anilines is 1. The molecular weight excluding hydrogens is 326 g/mol. The Hall–Kier alpha value is -1.35. The Bertz CT molecular complexity index is 620. The van der Waals surface area contributed by atoms with Crippen molar-refractivity contribution in [2.45, 2.75) is 26.0 Å². The summed E-state index contributed by atoms with van der Waals surface area (Å²) in [4.78, 5) is 11.4. The number of thioether (sulfide) groups is 1. The zero-order chi connectivity index (χ0) is 17.4. The van der Waals surface area contributed by atoms with Crippen molar-refractivity contribution < 1.29 is 9.84 Å². The Morgan fingerprint density at radius 1 is 1.42 bits per heavy atom. The van der Waals surface area contributed by atoms with Gasteiger partial charge in [-0.1, -0.05) is 0 Å². The molecule has 0 aliphatic heterocycles. The predicted molar refractivity (Wildman–Crippen MR) is 99.0 cm³/mol. The van der Waals surface area contributed by atoms with Crippen molar-refractivity contribution in [1.82, 2.24) is 20.3 Å². The monoisotopic (exact) mass is 353 g/mol. The van der Waals surface area contributed by atoms with Crippen molar-refractivity contribution in [2.24, 2.45) is 5.92 Å². The molecule has 2 aromatic rings. The van der Waals surface area contributed by atoms with Crippen LogP contribution in [0.3, 0.4) is 0 Å². The number of nitrogen functional groups attached to an aromatic ring is 1. The minimum atomic E-state index is -0.332. The number of H-pyrrole nitrogens is 1. The molecule has 2 rings (SSSR count). The summed E-state index contributed by atoms with van der Waals surface area (Å²) in [5.41, 5.74) is 8.50. The molecule has 0 radical (unpaired) electrons. The van der Waals surface area contributed by atoms with Crippen LogP contribution in [0.25, 0.3) is 11.0 Å². The quantitative estimate of drug-likeness (QED) is 0.452. The van der Waals surface area contributed by atoms with Crippen LogP contribution >= 0.6 is 11.8 Å². The standard InChI is InChI=1S/C16H27N5O2S/c1-11(22)12(3-5-24-6-4-23-2)7-18-8-13-9-19-15-14(13)20-10-21-16(15)17/h9-12,18-19,22H,3-8H2,1-2H3,(H2,17,20,21)/t11-,12+/m1/s1. The Labute approximate surface area is 146 Å². The van der Waals surface area contributed by atoms with E-state index in [1.807, 2.05) is 24.9 Å². The highest BCUT2D eigenvalue weighted by Crippen LogP contribution is 2.19. The minimum absolute atomic E-state index is 0.227. The number of ether oxygens (including phenoxy) is 1. The number of rotatable bonds is 11. The third-order valence-electron chi connectivity index (χ3n) is 4.04. The van der Waals surface area contributed by atoms with Crippen LogP contribution in [0.15, 0.2) is 12.5 Å². The number of aliphatic hydroxyl groups excluding tert-OH is 1. The van der Waals surface area contributed by atoms with E-state index in [0.29, 0.717) is 12.4 Å². The van der Waals surface area contributed by atoms with Gasteiger partial charge in [-0.25, -0.2) is 9.97 Å². The number of aromatic amines is 1. The van der Waals surface area contributed by atoms with Crippen LogP contribution in [0.5, 0.6) is 0 Å². The lowest BCUT2D eigenvalue weighted by Gasteiger charge is -2.20. The number of fused-ring (bicyclic) bond motifs is 1. The normalized spacial score (nSPS) is 14.1. The number of aliphatic hydroxyl groups is 1. The fraction of sp³-hybridized carbons (Fsp3) is 0.625. The predicted octanol–water partition coefficient (Wildman–Crippen LogP) is 1.40. The van der Waals surface area contributed by atoms with Crippen molar-refractivity contribution in [3.8, 4) is 0 Å². The minimum Gasteiger partial charge on any atom is -0.393 e. The van der Waals surface area contributed by atoms with E-state index in [9.17, 15) is 5.11 Å². The molecule has 2 heterocycles. The summed E-state index contributed by atoms with van der Waals surface area (Å²) in [6, 6.07) is 0. The van der Waals surface area contributed by atoms with Gasteiger partial charge < -0.3 is 25.9 Å². The third kappa shape index (κ3) is 5.34. The van der Waals surface area contributed by atoms with Gasteiger partial charge in [-0.2, -0.15) is 11.8 Å². The van der Waals surface area contributed by atoms with Crippen LogP contribution in [0.2, 0.25) is 0 Å². The molecule has 5 N–H and O–H groups in total. The van der Waals surface area contributed by atoms with Gasteiger partial charge in [-0.05, 0) is 25.0 Å². The zero-order valence-electron chi connectivity index (χ0n) is 14.3. The summed E-state index contributed by atoms with van der Waals surface area (Å²) in [5.74, 6) is 2.70. The van der Waals surface area contributed by atoms with Gasteiger partial charge in [0.1, 0.15) is 11.8 Å². The maximum Gasteiger partial charge on any atom is 0.151 e. The smallest absolute Gasteiger partial charge is 0.151 e. The molecule has 0 saturated heterocycles. The van der Waals surface area contributed by atoms with Crippen molar-refractivity contribution in [3.05, 3.63) is 18.1 Å². The molecule has 0 fully saturated rings. The molecule has 0 bridgehead atoms. The summed E-state index contributed by atoms with van der Waals surface area (Å²) in [6.45, 7) is 4.06. The molecule has 2 atom stereocenters. The van der Waals surface area contributed by atoms with E-state index >= 15 is 0 Å². The van der Waals surface area contributed by atoms with E-state index in [1.54, 1.807) is 7.11 Å². The maximum atomic E-state index is 9.96. The molecule has 0 unspecified atom stereocenters. The lowest BCUT2D eigenvalue weighted by Crippen LogP contribution is -2.30. The van der Waals surface area contributed by atoms with Gasteiger partial charge in [0, 0.05) is 37.7 Å². The van der Waals surface area contributed by atoms with Crippen LogP contribution in [0.4, 0.5) is 5.82 Å². The Morgan fingerprint density at radius 3 is 3.00 bits per heavy atom. The van der Waals surface area contributed by atoms with Crippen LogP contribution < -0.4 is 11.1 Å². The highest BCUT2D eigenvalue weighted by molar-refractivity contribution is 7.99. The second-order valence-corrected chi connectivity index (χ2v) is 7.05. The zero-order valence-corrected chi connectivity index (χ0v) is 15.1. The molecule has 134 valence electrons. The maximum absolute atomic E-state index is 9.96. The number of hydrogen-bond acceptors (Lipinski definition) is 7. The largest absolute Gasteiger partial charge is 0.393 e. The molecule has 0 amide bonds. The van der Waals surface area contributed by atoms with Gasteiger partial charge in [0.15, 0.2) is 5.82 Å². The van der Waals surface area contributed by atoms with Crippen molar-refractivity contribution >= 4 is 28.6 Å². The molecule has 2 aromatic heterocycles. The Morgan fingerprint density at radius 2 is 2.25 bits per heavy atom. The number of nitrogens with one attached hydrogen (secondary N) is 2. The number of nitrogens with zero attached hydrogens (tertiary/aromatic N) is 2. The highest BCUT2D eigenvalue weighted by atomic mass is 32.2. The fourth-order valence-electron chi connectivity index (χ4n) is 2.53. The first kappa shape index (κ1) is 19.0. The molecule has 0 aromatic carbocycles. The van der Waals surface area contributed by atoms with Crippen molar-refractivity contribution in [1.29, 1.82) is 0 Å². The van der Waals surface area contributed by atoms with Gasteiger partial charge in [0.2, 0.25) is 0 Å². The molecule has 7 nitrogen and oxygen atoms in total. The average molecular weight is 353 g/mol. The SMILES string of the molecule is COCCSCC[C@@H](CNCc1c[nH]c2c(N)ncnc12)[C@@H](C)O. The van der Waals surface area contributed by atoms with Crippen LogP contribution in [-0.2, 0) is 11.3 Å². The first-order valence-electron chi connectivity index (χ1n) is 8.15. The van der Waals surface area contributed by atoms with Crippen molar-refractivity contribution in [2.75, 3.05) is 37.5 Å². The van der Waals surface area contributed by atoms with Crippen LogP contribution in [0.1, 0.15) is 18.9 Å². The lowest BCUT2D eigenvalue weighted by atomic mass is 10.0. The van der Waals surface area contributed by atoms with Gasteiger partial charge in [-0.3, -0.25) is 0 Å². The molecular formula is C16H27N5O2S. The summed E-state index contributed by atoms with van der Waals surface area (Å²) in [5, 5.41) is 13.4. The third-order valence-corrected chi connectivity index (χ3v) is 5.02. The summed E-state index contributed by atoms with van der Waals surface area (Å²) < 4.78 is 5.04. The molecule has 0 aliphatic carbocycles. The molecule has 8 heteroatoms. The molecule has 0 saturated carbocycles. The van der Waals surface area contributed by atoms with E-state index in [0.717, 1.165) is 47.7 Å². The van der Waals surface area contributed by atoms with Crippen LogP contribution in [-0.4, -0.2) is 57.9 Å². The number of nitrogens with two attached hydrogens (primary N) is 1. The van der Waals surface area contributed by atoms with Crippen LogP contribution in [0, 0.1) is 5.92 Å². The summed E-state index contributed by atoms with van der Waals surface area (Å²) in [7, 11) is 1.71. The number of hydrogen-bond donors (Lipinski definition) is 4. The van der Waals surface area contributed by atoms with Gasteiger partial charge in [0.25, 0.3) is 0 Å². The Kier molecular flexibility index (Phi) is 7.77. The number of aromatic nitrogens is 3. The number of methoxy groups -OCH3 is 1. The Balaban J connectivity index is 1.80. The first-order valence-corrected chi connectivity index (χ1v) is 9.30. The van der Waals surface area contributed by atoms with E-state index in [1.165, 1.54) is 6.33 Å². The van der Waals surface area contributed by atoms with E-state index < -0.39 is 0 Å².